The molecule has 2 rings (SSSR count). The molecule has 0 bridgehead atoms. The summed E-state index contributed by atoms with van der Waals surface area (Å²) in [7, 11) is 0. The van der Waals surface area contributed by atoms with Gasteiger partial charge in [0.2, 0.25) is 0 Å². The first-order valence-electron chi connectivity index (χ1n) is 6.85. The Morgan fingerprint density at radius 2 is 2.20 bits per heavy atom. The predicted molar refractivity (Wildman–Crippen MR) is 70.8 cm³/mol. The van der Waals surface area contributed by atoms with Gasteiger partial charge in [0.25, 0.3) is 5.91 Å². The molecule has 1 saturated heterocycles. The Morgan fingerprint density at radius 1 is 1.50 bits per heavy atom. The van der Waals surface area contributed by atoms with Gasteiger partial charge in [-0.1, -0.05) is 6.92 Å². The number of amides is 1. The zero-order valence-electron chi connectivity index (χ0n) is 11.8. The maximum Gasteiger partial charge on any atom is 0.319 e. The van der Waals surface area contributed by atoms with Crippen LogP contribution in [0.2, 0.25) is 0 Å². The Hall–Kier alpha value is -1.43. The Kier molecular flexibility index (Phi) is 4.13. The minimum absolute atomic E-state index is 0.0159. The molecular weight excluding hydrogens is 266 g/mol. The summed E-state index contributed by atoms with van der Waals surface area (Å²) in [5, 5.41) is 10.3. The van der Waals surface area contributed by atoms with Crippen LogP contribution in [-0.4, -0.2) is 39.2 Å². The van der Waals surface area contributed by atoms with Crippen molar-refractivity contribution in [1.29, 1.82) is 0 Å². The number of hydrogen-bond acceptors (Lipinski definition) is 2. The molecule has 0 aromatic carbocycles. The van der Waals surface area contributed by atoms with E-state index in [0.29, 0.717) is 31.5 Å². The lowest BCUT2D eigenvalue weighted by molar-refractivity contribution is -0.0278. The van der Waals surface area contributed by atoms with Crippen LogP contribution in [0, 0.1) is 6.92 Å². The topological polar surface area (TPSA) is 45.5 Å². The quantitative estimate of drug-likeness (QED) is 0.928. The van der Waals surface area contributed by atoms with Gasteiger partial charge < -0.3 is 10.0 Å². The number of hydrogen-bond donors (Lipinski definition) is 1. The number of aryl methyl sites for hydroxylation is 1. The smallest absolute Gasteiger partial charge is 0.319 e. The molecule has 20 heavy (non-hydrogen) atoms. The van der Waals surface area contributed by atoms with Crippen LogP contribution >= 0.6 is 0 Å². The molecule has 1 atom stereocenters. The number of halogens is 2. The Labute approximate surface area is 117 Å². The Balaban J connectivity index is 2.24. The summed E-state index contributed by atoms with van der Waals surface area (Å²) in [6.07, 6.45) is 1.87. The molecule has 4 nitrogen and oxygen atoms in total. The molecule has 1 aromatic heterocycles. The highest BCUT2D eigenvalue weighted by Crippen LogP contribution is 2.27. The molecule has 1 aliphatic rings. The fourth-order valence-electron chi connectivity index (χ4n) is 2.72. The summed E-state index contributed by atoms with van der Waals surface area (Å²) < 4.78 is 26.8. The molecule has 0 unspecified atom stereocenters. The largest absolute Gasteiger partial charge is 0.388 e. The summed E-state index contributed by atoms with van der Waals surface area (Å²) in [5.74, 6) is -0.440. The van der Waals surface area contributed by atoms with Crippen molar-refractivity contribution in [3.05, 3.63) is 23.5 Å². The Bertz CT molecular complexity index is 501. The number of aromatic nitrogens is 1. The fourth-order valence-corrected chi connectivity index (χ4v) is 2.72. The number of aliphatic hydroxyl groups is 1. The second-order valence-electron chi connectivity index (χ2n) is 5.42. The van der Waals surface area contributed by atoms with E-state index in [1.54, 1.807) is 6.92 Å². The summed E-state index contributed by atoms with van der Waals surface area (Å²) in [4.78, 5) is 13.9. The number of rotatable bonds is 3. The third-order valence-electron chi connectivity index (χ3n) is 4.04. The molecular formula is C14H20F2N2O2. The lowest BCUT2D eigenvalue weighted by Gasteiger charge is -2.38. The van der Waals surface area contributed by atoms with Crippen molar-refractivity contribution in [2.45, 2.75) is 45.3 Å². The molecule has 0 radical (unpaired) electrons. The third-order valence-corrected chi connectivity index (χ3v) is 4.04. The number of likely N-dealkylation sites (tertiary alicyclic amines) is 1. The van der Waals surface area contributed by atoms with Crippen LogP contribution in [0.5, 0.6) is 0 Å². The van der Waals surface area contributed by atoms with E-state index in [4.69, 9.17) is 0 Å². The van der Waals surface area contributed by atoms with Gasteiger partial charge in [0.1, 0.15) is 5.69 Å². The first-order chi connectivity index (χ1) is 9.38. The first kappa shape index (κ1) is 15.0. The van der Waals surface area contributed by atoms with Crippen molar-refractivity contribution < 1.29 is 18.7 Å². The standard InChI is InChI=1S/C14H20F2N2O2/c1-3-14(20)7-4-8-17(9-14)12(19)11-6-5-10(2)18(11)13(15)16/h5-6,13,20H,3-4,7-9H2,1-2H3/t14-/m0/s1. The third kappa shape index (κ3) is 2.70. The average Bonchev–Trinajstić information content (AvgIpc) is 2.80. The van der Waals surface area contributed by atoms with Crippen LogP contribution in [0.15, 0.2) is 12.1 Å². The maximum atomic E-state index is 13.0. The molecule has 1 aliphatic heterocycles. The maximum absolute atomic E-state index is 13.0. The molecule has 1 fully saturated rings. The number of β-amino-alcohol motifs (C(OH)–C–C–N with tert-alkyl or cyclic N) is 1. The van der Waals surface area contributed by atoms with Gasteiger partial charge in [0.05, 0.1) is 5.60 Å². The second kappa shape index (κ2) is 5.52. The van der Waals surface area contributed by atoms with Crippen molar-refractivity contribution in [1.82, 2.24) is 9.47 Å². The van der Waals surface area contributed by atoms with Gasteiger partial charge in [-0.05, 0) is 38.3 Å². The van der Waals surface area contributed by atoms with E-state index in [1.165, 1.54) is 17.0 Å². The summed E-state index contributed by atoms with van der Waals surface area (Å²) in [5.41, 5.74) is -0.561. The molecule has 6 heteroatoms. The lowest BCUT2D eigenvalue weighted by Crippen LogP contribution is -2.50. The van der Waals surface area contributed by atoms with E-state index in [2.05, 4.69) is 0 Å². The predicted octanol–water partition coefficient (Wildman–Crippen LogP) is 2.57. The molecule has 112 valence electrons. The van der Waals surface area contributed by atoms with Gasteiger partial charge in [0.15, 0.2) is 0 Å². The molecule has 0 saturated carbocycles. The number of carbonyl (C=O) groups is 1. The zero-order chi connectivity index (χ0) is 14.9. The van der Waals surface area contributed by atoms with Crippen molar-refractivity contribution in [3.63, 3.8) is 0 Å². The minimum atomic E-state index is -2.74. The van der Waals surface area contributed by atoms with E-state index in [0.717, 1.165) is 4.57 Å². The van der Waals surface area contributed by atoms with Crippen molar-refractivity contribution >= 4 is 5.91 Å². The molecule has 2 heterocycles. The van der Waals surface area contributed by atoms with Crippen LogP contribution in [0.25, 0.3) is 0 Å². The highest BCUT2D eigenvalue weighted by Gasteiger charge is 2.35. The van der Waals surface area contributed by atoms with Crippen LogP contribution in [0.4, 0.5) is 8.78 Å². The molecule has 0 aliphatic carbocycles. The van der Waals surface area contributed by atoms with Gasteiger partial charge in [-0.25, -0.2) is 0 Å². The van der Waals surface area contributed by atoms with Gasteiger partial charge in [-0.15, -0.1) is 0 Å². The Morgan fingerprint density at radius 3 is 2.80 bits per heavy atom. The molecule has 1 aromatic rings. The first-order valence-corrected chi connectivity index (χ1v) is 6.85. The van der Waals surface area contributed by atoms with E-state index in [9.17, 15) is 18.7 Å². The van der Waals surface area contributed by atoms with Crippen molar-refractivity contribution in [2.24, 2.45) is 0 Å². The van der Waals surface area contributed by atoms with Crippen LogP contribution in [0.3, 0.4) is 0 Å². The molecule has 1 N–H and O–H groups in total. The highest BCUT2D eigenvalue weighted by atomic mass is 19.3. The second-order valence-corrected chi connectivity index (χ2v) is 5.42. The molecule has 1 amide bonds. The fraction of sp³-hybridized carbons (Fsp3) is 0.643. The van der Waals surface area contributed by atoms with Gasteiger partial charge in [0, 0.05) is 18.8 Å². The minimum Gasteiger partial charge on any atom is -0.388 e. The van der Waals surface area contributed by atoms with Gasteiger partial charge in [-0.3, -0.25) is 9.36 Å². The average molecular weight is 286 g/mol. The number of carbonyl (C=O) groups excluding carboxylic acids is 1. The van der Waals surface area contributed by atoms with E-state index in [1.807, 2.05) is 6.92 Å². The van der Waals surface area contributed by atoms with Gasteiger partial charge in [-0.2, -0.15) is 8.78 Å². The lowest BCUT2D eigenvalue weighted by atomic mass is 9.90. The highest BCUT2D eigenvalue weighted by molar-refractivity contribution is 5.93. The monoisotopic (exact) mass is 286 g/mol. The SMILES string of the molecule is CC[C@]1(O)CCCN(C(=O)c2ccc(C)n2C(F)F)C1. The van der Waals surface area contributed by atoms with E-state index >= 15 is 0 Å². The van der Waals surface area contributed by atoms with Crippen molar-refractivity contribution in [3.8, 4) is 0 Å². The van der Waals surface area contributed by atoms with E-state index < -0.39 is 18.1 Å². The molecule has 0 spiro atoms. The van der Waals surface area contributed by atoms with Crippen molar-refractivity contribution in [2.75, 3.05) is 13.1 Å². The normalized spacial score (nSPS) is 23.4. The zero-order valence-corrected chi connectivity index (χ0v) is 11.8. The number of piperidine rings is 1. The van der Waals surface area contributed by atoms with Crippen LogP contribution < -0.4 is 0 Å². The van der Waals surface area contributed by atoms with E-state index in [-0.39, 0.29) is 12.2 Å². The van der Waals surface area contributed by atoms with Crippen LogP contribution in [-0.2, 0) is 0 Å². The van der Waals surface area contributed by atoms with Crippen LogP contribution in [0.1, 0.15) is 48.9 Å². The summed E-state index contributed by atoms with van der Waals surface area (Å²) in [6, 6.07) is 2.93. The van der Waals surface area contributed by atoms with Gasteiger partial charge >= 0.3 is 6.55 Å². The number of alkyl halides is 2. The summed E-state index contributed by atoms with van der Waals surface area (Å²) >= 11 is 0. The number of nitrogens with zero attached hydrogens (tertiary/aromatic N) is 2. The summed E-state index contributed by atoms with van der Waals surface area (Å²) in [6.45, 7) is 1.37.